The molecular weight excluding hydrogens is 549 g/mol. The van der Waals surface area contributed by atoms with Gasteiger partial charge in [0.1, 0.15) is 18.1 Å². The Balaban J connectivity index is 5.53. The number of hydrogen-bond donors (Lipinski definition) is 10. The van der Waals surface area contributed by atoms with Crippen LogP contribution in [-0.4, -0.2) is 104 Å². The first kappa shape index (κ1) is 35.9. The third kappa shape index (κ3) is 14.5. The Labute approximate surface area is 223 Å². The van der Waals surface area contributed by atoms with Gasteiger partial charge in [-0.1, -0.05) is 20.3 Å². The Hall–Kier alpha value is -3.15. The summed E-state index contributed by atoms with van der Waals surface area (Å²) in [5.74, 6) is -7.33. The normalized spacial score (nSPS) is 16.0. The molecule has 0 spiro atoms. The fraction of sp³-hybridized carbons (Fsp3) is 0.700. The molecule has 4 amide bonds. The van der Waals surface area contributed by atoms with E-state index in [4.69, 9.17) is 20.6 Å². The molecule has 0 rings (SSSR count). The van der Waals surface area contributed by atoms with Crippen molar-refractivity contribution in [2.24, 2.45) is 11.7 Å². The number of aliphatic hydroxyl groups is 1. The van der Waals surface area contributed by atoms with Gasteiger partial charge in [-0.05, 0) is 19.3 Å². The van der Waals surface area contributed by atoms with Crippen molar-refractivity contribution >= 4 is 43.4 Å². The van der Waals surface area contributed by atoms with Crippen LogP contribution in [0.2, 0.25) is 0 Å². The van der Waals surface area contributed by atoms with Gasteiger partial charge in [-0.15, -0.1) is 0 Å². The summed E-state index contributed by atoms with van der Waals surface area (Å²) in [4.78, 5) is 89.7. The maximum Gasteiger partial charge on any atom is 0.469 e. The molecule has 11 N–H and O–H groups in total. The second-order valence-electron chi connectivity index (χ2n) is 8.59. The van der Waals surface area contributed by atoms with Crippen LogP contribution in [0.5, 0.6) is 0 Å². The van der Waals surface area contributed by atoms with Gasteiger partial charge in [-0.2, -0.15) is 0 Å². The number of phosphoric ester groups is 1. The van der Waals surface area contributed by atoms with Gasteiger partial charge in [0, 0.05) is 6.42 Å². The standard InChI is InChI=1S/C20H36N5O13P/c1-4-9(2)15(21)18(31)22-7-13(27)23-12(8-38-39(35,36)37)17(30)25-16(10(3)26)19(32)24-11(20(33)34)5-6-14(28)29/h9-12,15-16,26H,4-8,21H2,1-3H3,(H,22,31)(H,23,27)(H,24,32)(H,25,30)(H,28,29)(H,33,34)(H2,35,36,37)/t9-,10+,11-,12-,15-,16-/m0/s1. The topological polar surface area (TPSA) is 304 Å². The third-order valence-corrected chi connectivity index (χ3v) is 5.85. The first-order valence-electron chi connectivity index (χ1n) is 11.7. The number of aliphatic hydroxyl groups excluding tert-OH is 1. The van der Waals surface area contributed by atoms with Crippen LogP contribution < -0.4 is 27.0 Å². The number of amides is 4. The van der Waals surface area contributed by atoms with Crippen molar-refractivity contribution in [2.75, 3.05) is 13.2 Å². The maximum absolute atomic E-state index is 12.8. The molecule has 39 heavy (non-hydrogen) atoms. The molecule has 0 fully saturated rings. The minimum absolute atomic E-state index is 0.211. The molecule has 0 saturated heterocycles. The number of hydrogen-bond acceptors (Lipinski definition) is 10. The number of carbonyl (C=O) groups is 6. The first-order valence-corrected chi connectivity index (χ1v) is 13.2. The van der Waals surface area contributed by atoms with Crippen molar-refractivity contribution in [3.63, 3.8) is 0 Å². The summed E-state index contributed by atoms with van der Waals surface area (Å²) in [7, 11) is -5.14. The molecule has 224 valence electrons. The van der Waals surface area contributed by atoms with E-state index in [0.29, 0.717) is 6.42 Å². The quantitative estimate of drug-likeness (QED) is 0.0694. The number of aliphatic carboxylic acids is 2. The summed E-state index contributed by atoms with van der Waals surface area (Å²) in [6.45, 7) is 2.77. The Morgan fingerprint density at radius 3 is 1.97 bits per heavy atom. The van der Waals surface area contributed by atoms with Gasteiger partial charge >= 0.3 is 19.8 Å². The number of carboxylic acids is 2. The molecule has 0 aromatic heterocycles. The van der Waals surface area contributed by atoms with Gasteiger partial charge in [0.15, 0.2) is 0 Å². The van der Waals surface area contributed by atoms with E-state index in [1.165, 1.54) is 0 Å². The molecule has 0 saturated carbocycles. The van der Waals surface area contributed by atoms with Crippen LogP contribution in [0.3, 0.4) is 0 Å². The second-order valence-corrected chi connectivity index (χ2v) is 9.83. The highest BCUT2D eigenvalue weighted by Crippen LogP contribution is 2.35. The van der Waals surface area contributed by atoms with E-state index in [1.54, 1.807) is 13.8 Å². The SMILES string of the molecule is CC[C@H](C)[C@H](N)C(=O)NCC(=O)N[C@@H](COP(=O)(O)O)C(=O)N[C@H](C(=O)N[C@@H](CCC(=O)O)C(=O)O)[C@@H](C)O. The minimum Gasteiger partial charge on any atom is -0.481 e. The molecule has 0 aromatic rings. The summed E-state index contributed by atoms with van der Waals surface area (Å²) in [5.41, 5.74) is 5.76. The lowest BCUT2D eigenvalue weighted by molar-refractivity contribution is -0.144. The Kier molecular flexibility index (Phi) is 15.4. The molecule has 0 bridgehead atoms. The predicted molar refractivity (Wildman–Crippen MR) is 130 cm³/mol. The van der Waals surface area contributed by atoms with Crippen molar-refractivity contribution in [1.82, 2.24) is 21.3 Å². The van der Waals surface area contributed by atoms with Crippen LogP contribution in [0.15, 0.2) is 0 Å². The Morgan fingerprint density at radius 2 is 1.51 bits per heavy atom. The molecule has 19 heteroatoms. The zero-order valence-electron chi connectivity index (χ0n) is 21.5. The highest BCUT2D eigenvalue weighted by atomic mass is 31.2. The molecule has 0 heterocycles. The van der Waals surface area contributed by atoms with E-state index in [2.05, 4.69) is 15.2 Å². The molecule has 0 unspecified atom stereocenters. The van der Waals surface area contributed by atoms with E-state index >= 15 is 0 Å². The van der Waals surface area contributed by atoms with E-state index < -0.39 is 99.7 Å². The minimum atomic E-state index is -5.14. The van der Waals surface area contributed by atoms with Gasteiger partial charge in [0.25, 0.3) is 0 Å². The average molecular weight is 586 g/mol. The largest absolute Gasteiger partial charge is 0.481 e. The molecule has 0 aliphatic carbocycles. The van der Waals surface area contributed by atoms with Crippen molar-refractivity contribution < 1.29 is 63.0 Å². The average Bonchev–Trinajstić information content (AvgIpc) is 2.83. The fourth-order valence-corrected chi connectivity index (χ4v) is 3.19. The smallest absolute Gasteiger partial charge is 0.469 e. The van der Waals surface area contributed by atoms with Crippen molar-refractivity contribution in [3.05, 3.63) is 0 Å². The van der Waals surface area contributed by atoms with E-state index in [9.17, 15) is 43.5 Å². The molecule has 0 radical (unpaired) electrons. The first-order chi connectivity index (χ1) is 17.9. The predicted octanol–water partition coefficient (Wildman–Crippen LogP) is -3.63. The summed E-state index contributed by atoms with van der Waals surface area (Å²) in [5, 5.41) is 36.2. The molecule has 18 nitrogen and oxygen atoms in total. The van der Waals surface area contributed by atoms with Gasteiger partial charge < -0.3 is 52.1 Å². The summed E-state index contributed by atoms with van der Waals surface area (Å²) < 4.78 is 15.4. The number of carboxylic acid groups (broad SMARTS) is 2. The van der Waals surface area contributed by atoms with Gasteiger partial charge in [0.2, 0.25) is 23.6 Å². The van der Waals surface area contributed by atoms with Gasteiger partial charge in [0.05, 0.1) is 25.3 Å². The van der Waals surface area contributed by atoms with Gasteiger partial charge in [-0.25, -0.2) is 9.36 Å². The number of nitrogens with two attached hydrogens (primary N) is 1. The summed E-state index contributed by atoms with van der Waals surface area (Å²) >= 11 is 0. The number of nitrogens with one attached hydrogen (secondary N) is 4. The molecule has 0 aliphatic heterocycles. The van der Waals surface area contributed by atoms with Gasteiger partial charge in [-0.3, -0.25) is 28.5 Å². The lowest BCUT2D eigenvalue weighted by atomic mass is 9.99. The summed E-state index contributed by atoms with van der Waals surface area (Å²) in [6.07, 6.45) is -2.20. The van der Waals surface area contributed by atoms with E-state index in [0.717, 1.165) is 6.92 Å². The monoisotopic (exact) mass is 585 g/mol. The van der Waals surface area contributed by atoms with Crippen LogP contribution in [0.4, 0.5) is 0 Å². The van der Waals surface area contributed by atoms with E-state index in [1.807, 2.05) is 10.6 Å². The maximum atomic E-state index is 12.8. The van der Waals surface area contributed by atoms with E-state index in [-0.39, 0.29) is 5.92 Å². The number of phosphoric acid groups is 1. The zero-order valence-corrected chi connectivity index (χ0v) is 22.4. The van der Waals surface area contributed by atoms with Crippen LogP contribution in [-0.2, 0) is 37.9 Å². The molecule has 0 aliphatic rings. The molecule has 6 atom stereocenters. The van der Waals surface area contributed by atoms with Crippen LogP contribution in [0.25, 0.3) is 0 Å². The van der Waals surface area contributed by atoms with Crippen LogP contribution in [0.1, 0.15) is 40.0 Å². The Bertz CT molecular complexity index is 941. The highest BCUT2D eigenvalue weighted by molar-refractivity contribution is 7.46. The second kappa shape index (κ2) is 16.7. The van der Waals surface area contributed by atoms with Crippen LogP contribution in [0, 0.1) is 5.92 Å². The highest BCUT2D eigenvalue weighted by Gasteiger charge is 2.33. The fourth-order valence-electron chi connectivity index (χ4n) is 2.84. The molecular formula is C20H36N5O13P. The third-order valence-electron chi connectivity index (χ3n) is 5.37. The number of rotatable bonds is 18. The molecule has 0 aromatic carbocycles. The lowest BCUT2D eigenvalue weighted by Crippen LogP contribution is -2.60. The van der Waals surface area contributed by atoms with Crippen molar-refractivity contribution in [1.29, 1.82) is 0 Å². The summed E-state index contributed by atoms with van der Waals surface area (Å²) in [6, 6.07) is -6.32. The van der Waals surface area contributed by atoms with Crippen LogP contribution >= 0.6 is 7.82 Å². The number of carbonyl (C=O) groups excluding carboxylic acids is 4. The van der Waals surface area contributed by atoms with Crippen molar-refractivity contribution in [3.8, 4) is 0 Å². The lowest BCUT2D eigenvalue weighted by Gasteiger charge is -2.26. The Morgan fingerprint density at radius 1 is 0.923 bits per heavy atom. The zero-order chi connectivity index (χ0) is 30.5. The van der Waals surface area contributed by atoms with Crippen molar-refractivity contribution in [2.45, 2.75) is 70.3 Å².